The summed E-state index contributed by atoms with van der Waals surface area (Å²) < 4.78 is 61.9. The zero-order chi connectivity index (χ0) is 18.0. The molecule has 2 aliphatic carbocycles. The molecule has 0 atom stereocenters. The highest BCUT2D eigenvalue weighted by atomic mass is 32.2. The van der Waals surface area contributed by atoms with Crippen LogP contribution in [-0.2, 0) is 16.4 Å². The van der Waals surface area contributed by atoms with Crippen molar-refractivity contribution in [1.82, 2.24) is 15.1 Å². The first kappa shape index (κ1) is 16.7. The van der Waals surface area contributed by atoms with Crippen LogP contribution in [0.5, 0.6) is 0 Å². The van der Waals surface area contributed by atoms with Gasteiger partial charge in [0.15, 0.2) is 9.84 Å². The first-order chi connectivity index (χ1) is 11.6. The lowest BCUT2D eigenvalue weighted by atomic mass is 9.79. The Labute approximate surface area is 141 Å². The summed E-state index contributed by atoms with van der Waals surface area (Å²) in [6.07, 6.45) is -0.790. The maximum absolute atomic E-state index is 12.5. The van der Waals surface area contributed by atoms with Crippen LogP contribution in [0.4, 0.5) is 23.7 Å². The molecule has 4 fully saturated rings. The van der Waals surface area contributed by atoms with E-state index in [4.69, 9.17) is 0 Å². The van der Waals surface area contributed by atoms with Crippen molar-refractivity contribution in [2.45, 2.75) is 55.1 Å². The zero-order valence-corrected chi connectivity index (χ0v) is 14.0. The number of anilines is 1. The molecule has 2 N–H and O–H groups in total. The van der Waals surface area contributed by atoms with Crippen molar-refractivity contribution in [3.05, 3.63) is 11.9 Å². The number of nitrogens with zero attached hydrogens (tertiary/aromatic N) is 2. The fraction of sp³-hybridized carbons (Fsp3) is 0.714. The summed E-state index contributed by atoms with van der Waals surface area (Å²) >= 11 is 0. The molecule has 5 rings (SSSR count). The van der Waals surface area contributed by atoms with Crippen molar-refractivity contribution in [3.63, 3.8) is 0 Å². The highest BCUT2D eigenvalue weighted by molar-refractivity contribution is 7.92. The largest absolute Gasteiger partial charge is 0.408 e. The Kier molecular flexibility index (Phi) is 3.41. The molecule has 11 heteroatoms. The lowest BCUT2D eigenvalue weighted by Gasteiger charge is -2.36. The van der Waals surface area contributed by atoms with E-state index in [0.717, 1.165) is 17.5 Å². The van der Waals surface area contributed by atoms with Gasteiger partial charge < -0.3 is 10.6 Å². The number of fused-ring (bicyclic) bond motifs is 1. The highest BCUT2D eigenvalue weighted by Crippen LogP contribution is 2.47. The Bertz CT molecular complexity index is 823. The summed E-state index contributed by atoms with van der Waals surface area (Å²) in [5.74, 6) is -0.0242. The van der Waals surface area contributed by atoms with Crippen molar-refractivity contribution in [3.8, 4) is 0 Å². The highest BCUT2D eigenvalue weighted by Gasteiger charge is 2.60. The van der Waals surface area contributed by atoms with E-state index in [-0.39, 0.29) is 22.6 Å². The number of carbonyl (C=O) groups is 1. The van der Waals surface area contributed by atoms with Gasteiger partial charge in [-0.25, -0.2) is 13.2 Å². The Morgan fingerprint density at radius 3 is 2.56 bits per heavy atom. The minimum absolute atomic E-state index is 0.0582. The number of halogens is 3. The van der Waals surface area contributed by atoms with Gasteiger partial charge in [-0.2, -0.15) is 18.3 Å². The van der Waals surface area contributed by atoms with Crippen LogP contribution in [0.2, 0.25) is 0 Å². The fourth-order valence-electron chi connectivity index (χ4n) is 3.67. The molecule has 2 aliphatic heterocycles. The molecule has 2 saturated heterocycles. The summed E-state index contributed by atoms with van der Waals surface area (Å²) in [4.78, 5) is 12.2. The molecule has 1 aromatic heterocycles. The van der Waals surface area contributed by atoms with Crippen molar-refractivity contribution in [2.75, 3.05) is 11.1 Å². The number of nitrogens with one attached hydrogen (secondary N) is 2. The van der Waals surface area contributed by atoms with E-state index in [1.54, 1.807) is 0 Å². The van der Waals surface area contributed by atoms with Crippen LogP contribution in [0.15, 0.2) is 6.20 Å². The third kappa shape index (κ3) is 3.21. The number of aromatic nitrogens is 2. The van der Waals surface area contributed by atoms with Crippen LogP contribution >= 0.6 is 0 Å². The topological polar surface area (TPSA) is 93.1 Å². The maximum Gasteiger partial charge on any atom is 0.408 e. The molecular weight excluding hydrogens is 361 g/mol. The molecule has 4 aliphatic rings. The van der Waals surface area contributed by atoms with Gasteiger partial charge in [0, 0.05) is 12.1 Å². The zero-order valence-electron chi connectivity index (χ0n) is 13.1. The van der Waals surface area contributed by atoms with E-state index >= 15 is 0 Å². The maximum atomic E-state index is 12.5. The monoisotopic (exact) mass is 378 g/mol. The summed E-state index contributed by atoms with van der Waals surface area (Å²) in [6, 6.07) is -0.607. The van der Waals surface area contributed by atoms with Gasteiger partial charge in [0.2, 0.25) is 0 Å². The van der Waals surface area contributed by atoms with E-state index in [2.05, 4.69) is 15.7 Å². The third-order valence-corrected chi connectivity index (χ3v) is 7.25. The van der Waals surface area contributed by atoms with E-state index in [1.165, 1.54) is 6.20 Å². The second kappa shape index (κ2) is 5.12. The molecule has 3 heterocycles. The van der Waals surface area contributed by atoms with Gasteiger partial charge in [0.1, 0.15) is 6.54 Å². The average molecular weight is 378 g/mol. The van der Waals surface area contributed by atoms with Gasteiger partial charge in [-0.05, 0) is 25.7 Å². The Morgan fingerprint density at radius 1 is 1.36 bits per heavy atom. The number of urea groups is 1. The minimum atomic E-state index is -4.40. The minimum Gasteiger partial charge on any atom is -0.331 e. The summed E-state index contributed by atoms with van der Waals surface area (Å²) in [5, 5.41) is 8.79. The number of alkyl halides is 3. The molecule has 0 spiro atoms. The van der Waals surface area contributed by atoms with E-state index in [1.807, 2.05) is 0 Å². The Balaban J connectivity index is 1.46. The predicted molar refractivity (Wildman–Crippen MR) is 82.0 cm³/mol. The van der Waals surface area contributed by atoms with Crippen molar-refractivity contribution in [1.29, 1.82) is 0 Å². The standard InChI is InChI=1S/C14H17F3N4O3S/c15-14(16,17)6-21-5-10(11(20-21)8-1-2-8)18-12(22)19-13-3-9(4-13)25(23,24)7-13/h5,8-9H,1-4,6-7H2,(H2,18,19,22). The molecule has 2 bridgehead atoms. The predicted octanol–water partition coefficient (Wildman–Crippen LogP) is 1.77. The van der Waals surface area contributed by atoms with E-state index in [0.29, 0.717) is 18.5 Å². The molecule has 138 valence electrons. The normalized spacial score (nSPS) is 30.0. The first-order valence-corrected chi connectivity index (χ1v) is 9.72. The SMILES string of the molecule is O=C(Nc1cn(CC(F)(F)F)nc1C1CC1)NC12CC(C1)S(=O)(=O)C2. The number of hydrogen-bond donors (Lipinski definition) is 2. The van der Waals surface area contributed by atoms with Crippen LogP contribution in [-0.4, -0.2) is 46.9 Å². The molecule has 2 amide bonds. The van der Waals surface area contributed by atoms with Crippen LogP contribution in [0.25, 0.3) is 0 Å². The summed E-state index contributed by atoms with van der Waals surface area (Å²) in [7, 11) is -3.14. The molecule has 1 aromatic rings. The first-order valence-electron chi connectivity index (χ1n) is 8.00. The fourth-order valence-corrected chi connectivity index (χ4v) is 6.13. The lowest BCUT2D eigenvalue weighted by Crippen LogP contribution is -2.56. The average Bonchev–Trinajstić information content (AvgIpc) is 3.06. The van der Waals surface area contributed by atoms with Crippen molar-refractivity contribution >= 4 is 21.6 Å². The number of hydrogen-bond acceptors (Lipinski definition) is 4. The molecular formula is C14H17F3N4O3S. The van der Waals surface area contributed by atoms with Gasteiger partial charge in [-0.1, -0.05) is 0 Å². The Morgan fingerprint density at radius 2 is 2.04 bits per heavy atom. The summed E-state index contributed by atoms with van der Waals surface area (Å²) in [5.41, 5.74) is -0.0465. The van der Waals surface area contributed by atoms with Crippen LogP contribution in [0.1, 0.15) is 37.3 Å². The molecule has 0 radical (unpaired) electrons. The van der Waals surface area contributed by atoms with Gasteiger partial charge in [0.25, 0.3) is 0 Å². The van der Waals surface area contributed by atoms with Crippen LogP contribution in [0.3, 0.4) is 0 Å². The van der Waals surface area contributed by atoms with Gasteiger partial charge in [0.05, 0.1) is 27.9 Å². The van der Waals surface area contributed by atoms with E-state index in [9.17, 15) is 26.4 Å². The molecule has 25 heavy (non-hydrogen) atoms. The summed E-state index contributed by atoms with van der Waals surface area (Å²) in [6.45, 7) is -1.22. The molecule has 7 nitrogen and oxygen atoms in total. The number of sulfone groups is 1. The third-order valence-electron chi connectivity index (χ3n) is 4.94. The lowest BCUT2D eigenvalue weighted by molar-refractivity contribution is -0.142. The molecule has 0 aromatic carbocycles. The van der Waals surface area contributed by atoms with Crippen molar-refractivity contribution < 1.29 is 26.4 Å². The van der Waals surface area contributed by atoms with Gasteiger partial charge >= 0.3 is 12.2 Å². The number of rotatable bonds is 4. The molecule has 0 unspecified atom stereocenters. The second-order valence-electron chi connectivity index (χ2n) is 7.21. The van der Waals surface area contributed by atoms with Gasteiger partial charge in [-0.15, -0.1) is 0 Å². The second-order valence-corrected chi connectivity index (χ2v) is 9.49. The quantitative estimate of drug-likeness (QED) is 0.835. The van der Waals surface area contributed by atoms with Crippen LogP contribution < -0.4 is 10.6 Å². The van der Waals surface area contributed by atoms with Crippen LogP contribution in [0, 0.1) is 0 Å². The van der Waals surface area contributed by atoms with Gasteiger partial charge in [-0.3, -0.25) is 4.68 Å². The van der Waals surface area contributed by atoms with Crippen molar-refractivity contribution in [2.24, 2.45) is 0 Å². The van der Waals surface area contributed by atoms with E-state index < -0.39 is 34.1 Å². The smallest absolute Gasteiger partial charge is 0.331 e. The number of carbonyl (C=O) groups excluding carboxylic acids is 1. The number of amides is 2. The molecule has 2 saturated carbocycles. The Hall–Kier alpha value is -1.78.